The van der Waals surface area contributed by atoms with E-state index in [4.69, 9.17) is 16.3 Å². The van der Waals surface area contributed by atoms with Gasteiger partial charge >= 0.3 is 5.69 Å². The van der Waals surface area contributed by atoms with Crippen molar-refractivity contribution >= 4 is 11.6 Å². The number of H-pyrrole nitrogens is 1. The summed E-state index contributed by atoms with van der Waals surface area (Å²) in [5.41, 5.74) is -1.65. The Morgan fingerprint density at radius 1 is 1.38 bits per heavy atom. The van der Waals surface area contributed by atoms with E-state index >= 15 is 0 Å². The Bertz CT molecular complexity index is 504. The summed E-state index contributed by atoms with van der Waals surface area (Å²) >= 11 is 5.36. The van der Waals surface area contributed by atoms with E-state index in [1.54, 1.807) is 0 Å². The van der Waals surface area contributed by atoms with E-state index in [2.05, 4.69) is 4.98 Å². The van der Waals surface area contributed by atoms with E-state index in [-0.39, 0.29) is 6.04 Å². The fraction of sp³-hybridized carbons (Fsp3) is 0.556. The van der Waals surface area contributed by atoms with Gasteiger partial charge < -0.3 is 4.74 Å². The average Bonchev–Trinajstić information content (AvgIpc) is 2.28. The number of rotatable bonds is 1. The van der Waals surface area contributed by atoms with Gasteiger partial charge in [0.25, 0.3) is 5.56 Å². The van der Waals surface area contributed by atoms with E-state index in [1.165, 1.54) is 0 Å². The summed E-state index contributed by atoms with van der Waals surface area (Å²) in [6.45, 7) is 0.918. The molecule has 0 atom stereocenters. The summed E-state index contributed by atoms with van der Waals surface area (Å²) in [5, 5.41) is -0.543. The van der Waals surface area contributed by atoms with Gasteiger partial charge in [0, 0.05) is 19.3 Å². The van der Waals surface area contributed by atoms with E-state index < -0.39 is 22.2 Å². The van der Waals surface area contributed by atoms with E-state index in [0.29, 0.717) is 26.1 Å². The lowest BCUT2D eigenvalue weighted by Gasteiger charge is -2.23. The molecule has 88 valence electrons. The van der Waals surface area contributed by atoms with Gasteiger partial charge in [-0.1, -0.05) is 11.6 Å². The first-order valence-corrected chi connectivity index (χ1v) is 5.26. The van der Waals surface area contributed by atoms with Crippen LogP contribution in [-0.4, -0.2) is 22.8 Å². The minimum absolute atomic E-state index is 0.322. The van der Waals surface area contributed by atoms with Crippen molar-refractivity contribution in [2.24, 2.45) is 0 Å². The van der Waals surface area contributed by atoms with Crippen molar-refractivity contribution in [2.75, 3.05) is 13.2 Å². The number of ether oxygens (including phenoxy) is 1. The molecular formula is C9H10ClFN2O3. The molecule has 1 N–H and O–H groups in total. The topological polar surface area (TPSA) is 64.1 Å². The fourth-order valence-electron chi connectivity index (χ4n) is 1.78. The minimum Gasteiger partial charge on any atom is -0.381 e. The molecule has 0 spiro atoms. The molecule has 0 amide bonds. The minimum atomic E-state index is -1.12. The van der Waals surface area contributed by atoms with Crippen LogP contribution in [0, 0.1) is 5.82 Å². The van der Waals surface area contributed by atoms with Gasteiger partial charge in [-0.15, -0.1) is 0 Å². The molecule has 0 aromatic carbocycles. The molecule has 1 aromatic rings. The van der Waals surface area contributed by atoms with Crippen LogP contribution in [0.1, 0.15) is 18.9 Å². The zero-order valence-electron chi connectivity index (χ0n) is 8.33. The highest BCUT2D eigenvalue weighted by Gasteiger charge is 2.22. The number of halogens is 2. The predicted octanol–water partition coefficient (Wildman–Crippen LogP) is 0.681. The molecule has 0 aliphatic carbocycles. The van der Waals surface area contributed by atoms with Gasteiger partial charge in [-0.25, -0.2) is 4.79 Å². The van der Waals surface area contributed by atoms with Gasteiger partial charge in [-0.2, -0.15) is 4.39 Å². The Hall–Kier alpha value is -1.14. The molecule has 0 bridgehead atoms. The summed E-state index contributed by atoms with van der Waals surface area (Å²) in [5.74, 6) is -1.12. The Balaban J connectivity index is 2.51. The third-order valence-corrected chi connectivity index (χ3v) is 2.85. The normalized spacial score (nSPS) is 17.6. The summed E-state index contributed by atoms with van der Waals surface area (Å²) in [4.78, 5) is 25.2. The van der Waals surface area contributed by atoms with Crippen molar-refractivity contribution in [1.82, 2.24) is 9.55 Å². The molecule has 5 nitrogen and oxygen atoms in total. The van der Waals surface area contributed by atoms with Gasteiger partial charge in [-0.3, -0.25) is 14.3 Å². The molecule has 1 aromatic heterocycles. The zero-order chi connectivity index (χ0) is 11.7. The molecular weight excluding hydrogens is 239 g/mol. The number of nitrogens with one attached hydrogen (secondary N) is 1. The monoisotopic (exact) mass is 248 g/mol. The van der Waals surface area contributed by atoms with Crippen molar-refractivity contribution in [2.45, 2.75) is 18.9 Å². The Morgan fingerprint density at radius 2 is 2.00 bits per heavy atom. The van der Waals surface area contributed by atoms with Crippen molar-refractivity contribution in [1.29, 1.82) is 0 Å². The first-order valence-electron chi connectivity index (χ1n) is 4.89. The molecule has 0 unspecified atom stereocenters. The molecule has 0 radical (unpaired) electrons. The van der Waals surface area contributed by atoms with Crippen LogP contribution in [0.25, 0.3) is 0 Å². The Labute approximate surface area is 94.8 Å². The summed E-state index contributed by atoms with van der Waals surface area (Å²) in [7, 11) is 0. The standard InChI is InChI=1S/C9H10ClFN2O3/c10-7-6(11)8(14)13(9(15)12-7)5-1-3-16-4-2-5/h5H,1-4H2,(H,12,15). The second kappa shape index (κ2) is 4.39. The molecule has 1 aliphatic heterocycles. The van der Waals surface area contributed by atoms with E-state index in [0.717, 1.165) is 4.57 Å². The molecule has 0 saturated carbocycles. The maximum Gasteiger partial charge on any atom is 0.329 e. The van der Waals surface area contributed by atoms with E-state index in [1.807, 2.05) is 0 Å². The van der Waals surface area contributed by atoms with Gasteiger partial charge in [0.15, 0.2) is 5.15 Å². The van der Waals surface area contributed by atoms with Crippen LogP contribution in [0.2, 0.25) is 5.15 Å². The largest absolute Gasteiger partial charge is 0.381 e. The number of aromatic nitrogens is 2. The van der Waals surface area contributed by atoms with Crippen LogP contribution in [0.4, 0.5) is 4.39 Å². The van der Waals surface area contributed by atoms with Crippen LogP contribution < -0.4 is 11.2 Å². The lowest BCUT2D eigenvalue weighted by atomic mass is 10.1. The summed E-state index contributed by atoms with van der Waals surface area (Å²) in [6, 6.07) is -0.322. The maximum atomic E-state index is 13.3. The molecule has 1 saturated heterocycles. The highest BCUT2D eigenvalue weighted by Crippen LogP contribution is 2.17. The summed E-state index contributed by atoms with van der Waals surface area (Å²) in [6.07, 6.45) is 1.04. The Kier molecular flexibility index (Phi) is 3.11. The highest BCUT2D eigenvalue weighted by atomic mass is 35.5. The van der Waals surface area contributed by atoms with Crippen LogP contribution in [-0.2, 0) is 4.74 Å². The molecule has 1 aliphatic rings. The van der Waals surface area contributed by atoms with Gasteiger partial charge in [-0.05, 0) is 12.8 Å². The third-order valence-electron chi connectivity index (χ3n) is 2.59. The van der Waals surface area contributed by atoms with Gasteiger partial charge in [0.1, 0.15) is 0 Å². The van der Waals surface area contributed by atoms with Gasteiger partial charge in [0.05, 0.1) is 0 Å². The number of hydrogen-bond donors (Lipinski definition) is 1. The SMILES string of the molecule is O=c1[nH]c(Cl)c(F)c(=O)n1C1CCOCC1. The first-order chi connectivity index (χ1) is 7.61. The quantitative estimate of drug-likeness (QED) is 0.744. The van der Waals surface area contributed by atoms with E-state index in [9.17, 15) is 14.0 Å². The van der Waals surface area contributed by atoms with Crippen LogP contribution >= 0.6 is 11.6 Å². The lowest BCUT2D eigenvalue weighted by molar-refractivity contribution is 0.0670. The van der Waals surface area contributed by atoms with Gasteiger partial charge in [0.2, 0.25) is 5.82 Å². The molecule has 2 heterocycles. The number of nitrogens with zero attached hydrogens (tertiary/aromatic N) is 1. The fourth-order valence-corrected chi connectivity index (χ4v) is 1.94. The number of hydrogen-bond acceptors (Lipinski definition) is 3. The molecule has 16 heavy (non-hydrogen) atoms. The maximum absolute atomic E-state index is 13.3. The average molecular weight is 249 g/mol. The van der Waals surface area contributed by atoms with Crippen molar-refractivity contribution < 1.29 is 9.13 Å². The van der Waals surface area contributed by atoms with Crippen molar-refractivity contribution in [3.63, 3.8) is 0 Å². The lowest BCUT2D eigenvalue weighted by Crippen LogP contribution is -2.41. The summed E-state index contributed by atoms with van der Waals surface area (Å²) < 4.78 is 19.2. The second-order valence-corrected chi connectivity index (χ2v) is 3.95. The van der Waals surface area contributed by atoms with Crippen molar-refractivity contribution in [3.05, 3.63) is 31.8 Å². The zero-order valence-corrected chi connectivity index (χ0v) is 9.09. The molecule has 7 heteroatoms. The smallest absolute Gasteiger partial charge is 0.329 e. The Morgan fingerprint density at radius 3 is 2.62 bits per heavy atom. The predicted molar refractivity (Wildman–Crippen MR) is 55.4 cm³/mol. The third kappa shape index (κ3) is 1.90. The highest BCUT2D eigenvalue weighted by molar-refractivity contribution is 6.29. The second-order valence-electron chi connectivity index (χ2n) is 3.58. The molecule has 1 fully saturated rings. The van der Waals surface area contributed by atoms with Crippen LogP contribution in [0.3, 0.4) is 0 Å². The van der Waals surface area contributed by atoms with Crippen LogP contribution in [0.15, 0.2) is 9.59 Å². The number of aromatic amines is 1. The van der Waals surface area contributed by atoms with Crippen molar-refractivity contribution in [3.8, 4) is 0 Å². The molecule has 2 rings (SSSR count). The first kappa shape index (κ1) is 11.3. The van der Waals surface area contributed by atoms with Crippen LogP contribution in [0.5, 0.6) is 0 Å².